The van der Waals surface area contributed by atoms with Gasteiger partial charge in [0.2, 0.25) is 0 Å². The van der Waals surface area contributed by atoms with Crippen molar-refractivity contribution in [2.24, 2.45) is 0 Å². The fraction of sp³-hybridized carbons (Fsp3) is 0.286. The lowest BCUT2D eigenvalue weighted by Gasteiger charge is -2.02. The molecule has 0 aliphatic heterocycles. The second kappa shape index (κ2) is 5.45. The molecule has 0 unspecified atom stereocenters. The molecule has 19 heavy (non-hydrogen) atoms. The molecule has 2 N–H and O–H groups in total. The first-order valence-corrected chi connectivity index (χ1v) is 6.54. The van der Waals surface area contributed by atoms with Gasteiger partial charge in [0.25, 0.3) is 0 Å². The number of aryl methyl sites for hydroxylation is 2. The number of aldehydes is 1. The zero-order valence-electron chi connectivity index (χ0n) is 11.0. The van der Waals surface area contributed by atoms with Gasteiger partial charge in [0.05, 0.1) is 5.56 Å². The summed E-state index contributed by atoms with van der Waals surface area (Å²) in [6.07, 6.45) is 1.66. The van der Waals surface area contributed by atoms with Gasteiger partial charge in [-0.3, -0.25) is 4.79 Å². The third kappa shape index (κ3) is 2.49. The van der Waals surface area contributed by atoms with E-state index in [0.29, 0.717) is 28.6 Å². The van der Waals surface area contributed by atoms with Gasteiger partial charge in [0.1, 0.15) is 11.5 Å². The van der Waals surface area contributed by atoms with Crippen LogP contribution in [0.1, 0.15) is 29.3 Å². The molecule has 0 atom stereocenters. The van der Waals surface area contributed by atoms with Crippen molar-refractivity contribution in [3.63, 3.8) is 0 Å². The fourth-order valence-corrected chi connectivity index (χ4v) is 2.11. The van der Waals surface area contributed by atoms with Gasteiger partial charge in [-0.25, -0.2) is 4.68 Å². The van der Waals surface area contributed by atoms with Crippen molar-refractivity contribution >= 4 is 23.7 Å². The minimum atomic E-state index is 0.416. The highest BCUT2D eigenvalue weighted by atomic mass is 35.5. The topological polar surface area (TPSA) is 60.9 Å². The second-order valence-corrected chi connectivity index (χ2v) is 4.86. The van der Waals surface area contributed by atoms with Crippen LogP contribution in [0, 0.1) is 6.92 Å². The number of nitrogens with zero attached hydrogens (tertiary/aromatic N) is 2. The zero-order chi connectivity index (χ0) is 14.0. The van der Waals surface area contributed by atoms with E-state index in [-0.39, 0.29) is 0 Å². The quantitative estimate of drug-likeness (QED) is 0.872. The lowest BCUT2D eigenvalue weighted by atomic mass is 10.1. The normalized spacial score (nSPS) is 10.7. The summed E-state index contributed by atoms with van der Waals surface area (Å²) in [5.41, 5.74) is 8.80. The highest BCUT2D eigenvalue weighted by Gasteiger charge is 2.16. The third-order valence-electron chi connectivity index (χ3n) is 3.01. The first-order valence-electron chi connectivity index (χ1n) is 6.16. The van der Waals surface area contributed by atoms with E-state index in [2.05, 4.69) is 5.10 Å². The smallest absolute Gasteiger partial charge is 0.156 e. The first kappa shape index (κ1) is 13.6. The predicted octanol–water partition coefficient (Wildman–Crippen LogP) is 3.32. The van der Waals surface area contributed by atoms with Crippen molar-refractivity contribution in [3.05, 3.63) is 34.3 Å². The van der Waals surface area contributed by atoms with Crippen LogP contribution >= 0.6 is 11.6 Å². The van der Waals surface area contributed by atoms with Gasteiger partial charge < -0.3 is 5.73 Å². The molecule has 1 heterocycles. The van der Waals surface area contributed by atoms with Crippen LogP contribution in [0.25, 0.3) is 11.3 Å². The monoisotopic (exact) mass is 277 g/mol. The molecule has 5 heteroatoms. The summed E-state index contributed by atoms with van der Waals surface area (Å²) in [4.78, 5) is 11.2. The summed E-state index contributed by atoms with van der Waals surface area (Å²) in [6, 6.07) is 5.56. The van der Waals surface area contributed by atoms with Gasteiger partial charge in [0.15, 0.2) is 6.29 Å². The number of anilines is 1. The molecule has 0 spiro atoms. The van der Waals surface area contributed by atoms with Crippen LogP contribution in [0.2, 0.25) is 5.02 Å². The molecule has 1 aromatic heterocycles. The van der Waals surface area contributed by atoms with Crippen molar-refractivity contribution in [1.82, 2.24) is 9.78 Å². The maximum Gasteiger partial charge on any atom is 0.156 e. The van der Waals surface area contributed by atoms with Gasteiger partial charge in [-0.1, -0.05) is 24.6 Å². The van der Waals surface area contributed by atoms with Gasteiger partial charge in [-0.05, 0) is 31.0 Å². The number of benzene rings is 1. The summed E-state index contributed by atoms with van der Waals surface area (Å²) in [7, 11) is 0. The highest BCUT2D eigenvalue weighted by Crippen LogP contribution is 2.28. The number of carbonyl (C=O) groups is 1. The maximum atomic E-state index is 11.2. The Kier molecular flexibility index (Phi) is 3.90. The van der Waals surface area contributed by atoms with Crippen LogP contribution in [-0.4, -0.2) is 16.1 Å². The predicted molar refractivity (Wildman–Crippen MR) is 77.5 cm³/mol. The average Bonchev–Trinajstić information content (AvgIpc) is 2.70. The number of hydrogen-bond acceptors (Lipinski definition) is 3. The molecule has 100 valence electrons. The Labute approximate surface area is 117 Å². The van der Waals surface area contributed by atoms with E-state index >= 15 is 0 Å². The summed E-state index contributed by atoms with van der Waals surface area (Å²) in [6.45, 7) is 4.64. The molecule has 0 bridgehead atoms. The Bertz CT molecular complexity index is 619. The van der Waals surface area contributed by atoms with E-state index in [1.165, 1.54) is 0 Å². The number of nitrogens with two attached hydrogens (primary N) is 1. The third-order valence-corrected chi connectivity index (χ3v) is 3.44. The Balaban J connectivity index is 2.57. The van der Waals surface area contributed by atoms with Crippen molar-refractivity contribution in [2.45, 2.75) is 26.8 Å². The van der Waals surface area contributed by atoms with E-state index in [4.69, 9.17) is 17.3 Å². The molecular weight excluding hydrogens is 262 g/mol. The minimum absolute atomic E-state index is 0.416. The number of carbonyl (C=O) groups excluding carboxylic acids is 1. The Morgan fingerprint density at radius 3 is 2.79 bits per heavy atom. The number of rotatable bonds is 4. The van der Waals surface area contributed by atoms with E-state index in [0.717, 1.165) is 23.8 Å². The van der Waals surface area contributed by atoms with Crippen LogP contribution in [0.15, 0.2) is 18.2 Å². The molecule has 1 aromatic carbocycles. The van der Waals surface area contributed by atoms with Crippen molar-refractivity contribution in [1.29, 1.82) is 0 Å². The van der Waals surface area contributed by atoms with Crippen LogP contribution in [0.3, 0.4) is 0 Å². The van der Waals surface area contributed by atoms with E-state index in [9.17, 15) is 4.79 Å². The summed E-state index contributed by atoms with van der Waals surface area (Å²) in [5.74, 6) is 0.416. The SMILES string of the molecule is CCCn1nc(-c2ccc(Cl)c(C)c2)c(C=O)c1N. The Hall–Kier alpha value is -1.81. The van der Waals surface area contributed by atoms with E-state index < -0.39 is 0 Å². The number of halogens is 1. The number of hydrogen-bond donors (Lipinski definition) is 1. The molecule has 4 nitrogen and oxygen atoms in total. The molecular formula is C14H16ClN3O. The molecule has 0 aliphatic carbocycles. The molecule has 0 aliphatic rings. The molecule has 2 rings (SSSR count). The Morgan fingerprint density at radius 2 is 2.21 bits per heavy atom. The van der Waals surface area contributed by atoms with E-state index in [1.807, 2.05) is 26.0 Å². The minimum Gasteiger partial charge on any atom is -0.383 e. The lowest BCUT2D eigenvalue weighted by Crippen LogP contribution is -2.04. The summed E-state index contributed by atoms with van der Waals surface area (Å²) >= 11 is 6.01. The molecule has 0 radical (unpaired) electrons. The van der Waals surface area contributed by atoms with Crippen LogP contribution < -0.4 is 5.73 Å². The average molecular weight is 278 g/mol. The second-order valence-electron chi connectivity index (χ2n) is 4.45. The van der Waals surface area contributed by atoms with Gasteiger partial charge >= 0.3 is 0 Å². The fourth-order valence-electron chi connectivity index (χ4n) is 1.99. The van der Waals surface area contributed by atoms with Crippen molar-refractivity contribution < 1.29 is 4.79 Å². The number of aromatic nitrogens is 2. The van der Waals surface area contributed by atoms with Gasteiger partial charge in [0, 0.05) is 17.1 Å². The number of nitrogen functional groups attached to an aromatic ring is 1. The molecule has 0 fully saturated rings. The van der Waals surface area contributed by atoms with Crippen molar-refractivity contribution in [3.8, 4) is 11.3 Å². The van der Waals surface area contributed by atoms with Crippen LogP contribution in [0.5, 0.6) is 0 Å². The van der Waals surface area contributed by atoms with Crippen LogP contribution in [-0.2, 0) is 6.54 Å². The maximum absolute atomic E-state index is 11.2. The molecule has 0 saturated carbocycles. The van der Waals surface area contributed by atoms with Crippen molar-refractivity contribution in [2.75, 3.05) is 5.73 Å². The van der Waals surface area contributed by atoms with Gasteiger partial charge in [-0.15, -0.1) is 0 Å². The van der Waals surface area contributed by atoms with Gasteiger partial charge in [-0.2, -0.15) is 5.10 Å². The largest absolute Gasteiger partial charge is 0.383 e. The molecule has 0 saturated heterocycles. The summed E-state index contributed by atoms with van der Waals surface area (Å²) < 4.78 is 1.67. The highest BCUT2D eigenvalue weighted by molar-refractivity contribution is 6.31. The summed E-state index contributed by atoms with van der Waals surface area (Å²) in [5, 5.41) is 5.12. The molecule has 2 aromatic rings. The Morgan fingerprint density at radius 1 is 1.47 bits per heavy atom. The van der Waals surface area contributed by atoms with E-state index in [1.54, 1.807) is 10.7 Å². The first-order chi connectivity index (χ1) is 9.08. The molecule has 0 amide bonds. The zero-order valence-corrected chi connectivity index (χ0v) is 11.7. The lowest BCUT2D eigenvalue weighted by molar-refractivity contribution is 0.112. The van der Waals surface area contributed by atoms with Crippen LogP contribution in [0.4, 0.5) is 5.82 Å². The standard InChI is InChI=1S/C14H16ClN3O/c1-3-6-18-14(16)11(8-19)13(17-18)10-4-5-12(15)9(2)7-10/h4-5,7-8H,3,6,16H2,1-2H3.